The van der Waals surface area contributed by atoms with Crippen LogP contribution in [0.4, 0.5) is 5.95 Å². The van der Waals surface area contributed by atoms with Gasteiger partial charge in [-0.05, 0) is 30.0 Å². The van der Waals surface area contributed by atoms with Crippen molar-refractivity contribution >= 4 is 29.3 Å². The van der Waals surface area contributed by atoms with Crippen LogP contribution in [0.3, 0.4) is 0 Å². The van der Waals surface area contributed by atoms with E-state index in [1.807, 2.05) is 44.6 Å². The van der Waals surface area contributed by atoms with Crippen LogP contribution < -0.4 is 9.64 Å². The Hall–Kier alpha value is -1.53. The molecule has 0 saturated carbocycles. The maximum atomic E-state index is 5.86. The van der Waals surface area contributed by atoms with Gasteiger partial charge in [-0.25, -0.2) is 0 Å². The second-order valence-corrected chi connectivity index (χ2v) is 5.02. The van der Waals surface area contributed by atoms with E-state index in [4.69, 9.17) is 16.3 Å². The van der Waals surface area contributed by atoms with Crippen molar-refractivity contribution in [1.29, 1.82) is 0 Å². The third kappa shape index (κ3) is 3.48. The van der Waals surface area contributed by atoms with Crippen LogP contribution in [0.1, 0.15) is 0 Å². The fourth-order valence-corrected chi connectivity index (χ4v) is 2.04. The zero-order chi connectivity index (χ0) is 13.8. The van der Waals surface area contributed by atoms with E-state index in [9.17, 15) is 0 Å². The number of halogens is 1. The first-order chi connectivity index (χ1) is 9.10. The molecule has 0 unspecified atom stereocenters. The lowest BCUT2D eigenvalue weighted by molar-refractivity contribution is 0.430. The van der Waals surface area contributed by atoms with Crippen molar-refractivity contribution < 1.29 is 4.74 Å². The molecule has 7 heteroatoms. The standard InChI is InChI=1S/C12H13ClN4OS/c1-17(2)11-14-10(13)15-12(16-11)18-8-6-4-5-7-9(8)19-3/h4-7H,1-3H3. The quantitative estimate of drug-likeness (QED) is 0.808. The summed E-state index contributed by atoms with van der Waals surface area (Å²) in [7, 11) is 3.65. The first kappa shape index (κ1) is 13.9. The molecule has 2 rings (SSSR count). The number of nitrogens with zero attached hydrogens (tertiary/aromatic N) is 4. The molecule has 0 aliphatic carbocycles. The number of thioether (sulfide) groups is 1. The second-order valence-electron chi connectivity index (χ2n) is 3.83. The van der Waals surface area contributed by atoms with Gasteiger partial charge in [-0.15, -0.1) is 11.8 Å². The first-order valence-corrected chi connectivity index (χ1v) is 7.10. The molecule has 0 amide bonds. The van der Waals surface area contributed by atoms with E-state index in [0.717, 1.165) is 4.90 Å². The second kappa shape index (κ2) is 6.08. The number of rotatable bonds is 4. The van der Waals surface area contributed by atoms with Crippen molar-refractivity contribution in [2.45, 2.75) is 4.90 Å². The number of aromatic nitrogens is 3. The van der Waals surface area contributed by atoms with E-state index in [1.165, 1.54) is 0 Å². The van der Waals surface area contributed by atoms with Crippen molar-refractivity contribution in [3.05, 3.63) is 29.5 Å². The summed E-state index contributed by atoms with van der Waals surface area (Å²) < 4.78 is 5.68. The topological polar surface area (TPSA) is 51.1 Å². The zero-order valence-electron chi connectivity index (χ0n) is 10.8. The molecule has 0 aliphatic rings. The smallest absolute Gasteiger partial charge is 0.328 e. The average Bonchev–Trinajstić information content (AvgIpc) is 2.38. The minimum Gasteiger partial charge on any atom is -0.423 e. The van der Waals surface area contributed by atoms with Gasteiger partial charge >= 0.3 is 6.01 Å². The Balaban J connectivity index is 2.32. The van der Waals surface area contributed by atoms with Crippen LogP contribution in [-0.2, 0) is 0 Å². The molecular formula is C12H13ClN4OS. The molecule has 2 aromatic rings. The van der Waals surface area contributed by atoms with Crippen molar-refractivity contribution in [2.24, 2.45) is 0 Å². The summed E-state index contributed by atoms with van der Waals surface area (Å²) in [5.74, 6) is 1.15. The number of para-hydroxylation sites is 1. The van der Waals surface area contributed by atoms with Crippen LogP contribution >= 0.6 is 23.4 Å². The van der Waals surface area contributed by atoms with Crippen LogP contribution in [0.5, 0.6) is 11.8 Å². The van der Waals surface area contributed by atoms with Crippen LogP contribution in [0, 0.1) is 0 Å². The Morgan fingerprint density at radius 2 is 1.89 bits per heavy atom. The third-order valence-electron chi connectivity index (χ3n) is 2.25. The summed E-state index contributed by atoms with van der Waals surface area (Å²) in [5, 5.41) is 0.107. The Bertz CT molecular complexity index is 579. The monoisotopic (exact) mass is 296 g/mol. The van der Waals surface area contributed by atoms with E-state index < -0.39 is 0 Å². The fraction of sp³-hybridized carbons (Fsp3) is 0.250. The minimum atomic E-state index is 0.107. The molecule has 0 N–H and O–H groups in total. The Morgan fingerprint density at radius 3 is 2.58 bits per heavy atom. The number of hydrogen-bond donors (Lipinski definition) is 0. The first-order valence-electron chi connectivity index (χ1n) is 5.50. The average molecular weight is 297 g/mol. The predicted molar refractivity (Wildman–Crippen MR) is 77.5 cm³/mol. The number of ether oxygens (including phenoxy) is 1. The van der Waals surface area contributed by atoms with Crippen molar-refractivity contribution in [3.8, 4) is 11.8 Å². The summed E-state index contributed by atoms with van der Waals surface area (Å²) in [6.45, 7) is 0. The molecule has 5 nitrogen and oxygen atoms in total. The van der Waals surface area contributed by atoms with Gasteiger partial charge in [-0.1, -0.05) is 12.1 Å². The van der Waals surface area contributed by atoms with Gasteiger partial charge in [0.2, 0.25) is 11.2 Å². The molecule has 19 heavy (non-hydrogen) atoms. The van der Waals surface area contributed by atoms with Gasteiger partial charge in [0.25, 0.3) is 0 Å². The van der Waals surface area contributed by atoms with Crippen LogP contribution in [0.25, 0.3) is 0 Å². The van der Waals surface area contributed by atoms with E-state index in [-0.39, 0.29) is 11.3 Å². The molecular weight excluding hydrogens is 284 g/mol. The molecule has 0 bridgehead atoms. The molecule has 0 fully saturated rings. The number of benzene rings is 1. The number of anilines is 1. The fourth-order valence-electron chi connectivity index (χ4n) is 1.37. The molecule has 1 aromatic carbocycles. The SMILES string of the molecule is CSc1ccccc1Oc1nc(Cl)nc(N(C)C)n1. The van der Waals surface area contributed by atoms with Crippen molar-refractivity contribution in [2.75, 3.05) is 25.3 Å². The molecule has 0 atom stereocenters. The lowest BCUT2D eigenvalue weighted by atomic mass is 10.3. The van der Waals surface area contributed by atoms with Gasteiger partial charge in [0.1, 0.15) is 5.75 Å². The van der Waals surface area contributed by atoms with Gasteiger partial charge in [-0.3, -0.25) is 0 Å². The van der Waals surface area contributed by atoms with Crippen molar-refractivity contribution in [1.82, 2.24) is 15.0 Å². The zero-order valence-corrected chi connectivity index (χ0v) is 12.4. The molecule has 1 heterocycles. The molecule has 0 spiro atoms. The largest absolute Gasteiger partial charge is 0.423 e. The Labute approximate surface area is 121 Å². The van der Waals surface area contributed by atoms with Gasteiger partial charge in [0, 0.05) is 19.0 Å². The van der Waals surface area contributed by atoms with Crippen LogP contribution in [0.15, 0.2) is 29.2 Å². The lowest BCUT2D eigenvalue weighted by Gasteiger charge is -2.12. The predicted octanol–water partition coefficient (Wildman–Crippen LogP) is 3.11. The third-order valence-corrected chi connectivity index (χ3v) is 3.19. The molecule has 0 saturated heterocycles. The summed E-state index contributed by atoms with van der Waals surface area (Å²) in [6, 6.07) is 7.86. The summed E-state index contributed by atoms with van der Waals surface area (Å²) in [4.78, 5) is 14.9. The van der Waals surface area contributed by atoms with E-state index in [2.05, 4.69) is 15.0 Å². The lowest BCUT2D eigenvalue weighted by Crippen LogP contribution is -2.13. The van der Waals surface area contributed by atoms with Gasteiger partial charge in [0.05, 0.1) is 0 Å². The molecule has 100 valence electrons. The van der Waals surface area contributed by atoms with Gasteiger partial charge < -0.3 is 9.64 Å². The highest BCUT2D eigenvalue weighted by atomic mass is 35.5. The van der Waals surface area contributed by atoms with Crippen LogP contribution in [-0.4, -0.2) is 35.3 Å². The summed E-state index contributed by atoms with van der Waals surface area (Å²) in [6.07, 6.45) is 1.98. The van der Waals surface area contributed by atoms with E-state index >= 15 is 0 Å². The van der Waals surface area contributed by atoms with E-state index in [0.29, 0.717) is 11.7 Å². The Morgan fingerprint density at radius 1 is 1.16 bits per heavy atom. The highest BCUT2D eigenvalue weighted by Gasteiger charge is 2.10. The van der Waals surface area contributed by atoms with Gasteiger partial charge in [-0.2, -0.15) is 15.0 Å². The maximum absolute atomic E-state index is 5.86. The Kier molecular flexibility index (Phi) is 4.44. The summed E-state index contributed by atoms with van der Waals surface area (Å²) >= 11 is 7.45. The van der Waals surface area contributed by atoms with Crippen molar-refractivity contribution in [3.63, 3.8) is 0 Å². The molecule has 0 aliphatic heterocycles. The molecule has 1 aromatic heterocycles. The van der Waals surface area contributed by atoms with E-state index in [1.54, 1.807) is 16.7 Å². The maximum Gasteiger partial charge on any atom is 0.328 e. The normalized spacial score (nSPS) is 10.3. The highest BCUT2D eigenvalue weighted by molar-refractivity contribution is 7.98. The summed E-state index contributed by atoms with van der Waals surface area (Å²) in [5.41, 5.74) is 0. The van der Waals surface area contributed by atoms with Gasteiger partial charge in [0.15, 0.2) is 0 Å². The minimum absolute atomic E-state index is 0.107. The molecule has 0 radical (unpaired) electrons. The highest BCUT2D eigenvalue weighted by Crippen LogP contribution is 2.30. The van der Waals surface area contributed by atoms with Crippen LogP contribution in [0.2, 0.25) is 5.28 Å². The number of hydrogen-bond acceptors (Lipinski definition) is 6.